The molecule has 0 saturated carbocycles. The Morgan fingerprint density at radius 1 is 1.03 bits per heavy atom. The molecule has 5 nitrogen and oxygen atoms in total. The van der Waals surface area contributed by atoms with Crippen molar-refractivity contribution in [1.29, 1.82) is 0 Å². The van der Waals surface area contributed by atoms with Crippen LogP contribution in [-0.2, 0) is 0 Å². The predicted octanol–water partition coefficient (Wildman–Crippen LogP) is 5.44. The fourth-order valence-electron chi connectivity index (χ4n) is 3.39. The molecule has 31 heavy (non-hydrogen) atoms. The van der Waals surface area contributed by atoms with Gasteiger partial charge in [-0.25, -0.2) is 13.8 Å². The Labute approximate surface area is 179 Å². The minimum atomic E-state index is -1.07. The van der Waals surface area contributed by atoms with Crippen molar-refractivity contribution in [2.75, 3.05) is 5.73 Å². The van der Waals surface area contributed by atoms with Gasteiger partial charge < -0.3 is 10.7 Å². The molecule has 0 unspecified atom stereocenters. The van der Waals surface area contributed by atoms with E-state index in [9.17, 15) is 13.6 Å². The smallest absolute Gasteiger partial charge is 0.201 e. The number of thiophene rings is 1. The summed E-state index contributed by atoms with van der Waals surface area (Å²) in [4.78, 5) is 26.3. The van der Waals surface area contributed by atoms with Gasteiger partial charge in [-0.05, 0) is 36.4 Å². The molecular weight excluding hydrogens is 418 g/mol. The van der Waals surface area contributed by atoms with Crippen LogP contribution in [0.4, 0.5) is 14.5 Å². The van der Waals surface area contributed by atoms with Gasteiger partial charge >= 0.3 is 0 Å². The third-order valence-electron chi connectivity index (χ3n) is 4.96. The summed E-state index contributed by atoms with van der Waals surface area (Å²) < 4.78 is 28.6. The minimum Gasteiger partial charge on any atom is -0.396 e. The highest BCUT2D eigenvalue weighted by Gasteiger charge is 2.24. The third-order valence-corrected chi connectivity index (χ3v) is 6.14. The topological polar surface area (TPSA) is 84.7 Å². The van der Waals surface area contributed by atoms with E-state index in [1.807, 2.05) is 24.3 Å². The molecule has 0 radical (unpaired) electrons. The third kappa shape index (κ3) is 3.27. The number of ketones is 1. The molecule has 0 aliphatic heterocycles. The molecule has 0 amide bonds. The molecular formula is C23H14F2N4OS. The van der Waals surface area contributed by atoms with E-state index in [-0.39, 0.29) is 11.3 Å². The van der Waals surface area contributed by atoms with Crippen LogP contribution >= 0.6 is 11.3 Å². The number of nitrogen functional groups attached to an aromatic ring is 1. The molecule has 0 spiro atoms. The van der Waals surface area contributed by atoms with Crippen LogP contribution in [0.5, 0.6) is 0 Å². The molecule has 152 valence electrons. The number of aromatic amines is 1. The number of rotatable bonds is 4. The highest BCUT2D eigenvalue weighted by atomic mass is 32.1. The molecule has 3 N–H and O–H groups in total. The lowest BCUT2D eigenvalue weighted by Crippen LogP contribution is -2.09. The number of nitrogens with two attached hydrogens (primary N) is 1. The first kappa shape index (κ1) is 19.1. The molecule has 0 bridgehead atoms. The van der Waals surface area contributed by atoms with Crippen molar-refractivity contribution in [3.05, 3.63) is 90.0 Å². The standard InChI is InChI=1S/C23H14F2N4OS/c24-16-3-4-17(26)21(25)20(16)22(30)15-11-29-23-14(15)8-13(10-28-23)19-6-5-18(31-19)12-2-1-7-27-9-12/h1-11H,26H2,(H,28,29). The van der Waals surface area contributed by atoms with Crippen molar-refractivity contribution in [3.63, 3.8) is 0 Å². The Kier molecular flexibility index (Phi) is 4.56. The van der Waals surface area contributed by atoms with Crippen LogP contribution < -0.4 is 5.73 Å². The van der Waals surface area contributed by atoms with Crippen LogP contribution in [0.2, 0.25) is 0 Å². The quantitative estimate of drug-likeness (QED) is 0.292. The Morgan fingerprint density at radius 2 is 1.84 bits per heavy atom. The fraction of sp³-hybridized carbons (Fsp3) is 0. The van der Waals surface area contributed by atoms with Crippen molar-refractivity contribution in [3.8, 4) is 20.9 Å². The summed E-state index contributed by atoms with van der Waals surface area (Å²) in [7, 11) is 0. The van der Waals surface area contributed by atoms with Gasteiger partial charge in [0.15, 0.2) is 5.82 Å². The van der Waals surface area contributed by atoms with Gasteiger partial charge in [-0.15, -0.1) is 11.3 Å². The van der Waals surface area contributed by atoms with Gasteiger partial charge in [0.2, 0.25) is 5.78 Å². The lowest BCUT2D eigenvalue weighted by Gasteiger charge is -2.06. The van der Waals surface area contributed by atoms with Crippen molar-refractivity contribution in [2.45, 2.75) is 0 Å². The van der Waals surface area contributed by atoms with Gasteiger partial charge in [0.05, 0.1) is 11.3 Å². The highest BCUT2D eigenvalue weighted by molar-refractivity contribution is 7.18. The molecule has 0 saturated heterocycles. The number of hydrogen-bond acceptors (Lipinski definition) is 5. The molecule has 8 heteroatoms. The molecule has 0 aliphatic carbocycles. The Hall–Kier alpha value is -3.91. The number of benzene rings is 1. The van der Waals surface area contributed by atoms with Gasteiger partial charge in [-0.3, -0.25) is 9.78 Å². The number of carbonyl (C=O) groups excluding carboxylic acids is 1. The van der Waals surface area contributed by atoms with Crippen LogP contribution in [-0.4, -0.2) is 20.7 Å². The number of carbonyl (C=O) groups is 1. The highest BCUT2D eigenvalue weighted by Crippen LogP contribution is 2.35. The zero-order valence-electron chi connectivity index (χ0n) is 15.9. The fourth-order valence-corrected chi connectivity index (χ4v) is 4.37. The first-order valence-corrected chi connectivity index (χ1v) is 10.1. The van der Waals surface area contributed by atoms with E-state index in [0.29, 0.717) is 11.0 Å². The Bertz CT molecular complexity index is 1440. The molecule has 0 aliphatic rings. The maximum Gasteiger partial charge on any atom is 0.201 e. The molecule has 0 fully saturated rings. The van der Waals surface area contributed by atoms with E-state index in [1.165, 1.54) is 6.20 Å². The van der Waals surface area contributed by atoms with Gasteiger partial charge in [-0.2, -0.15) is 0 Å². The number of anilines is 1. The number of halogens is 2. The molecule has 4 heterocycles. The summed E-state index contributed by atoms with van der Waals surface area (Å²) in [6, 6.07) is 11.6. The number of nitrogens with zero attached hydrogens (tertiary/aromatic N) is 2. The molecule has 4 aromatic heterocycles. The van der Waals surface area contributed by atoms with E-state index in [0.717, 1.165) is 33.0 Å². The molecule has 1 aromatic carbocycles. The SMILES string of the molecule is Nc1ccc(F)c(C(=O)c2c[nH]c3ncc(-c4ccc(-c5cccnc5)s4)cc23)c1F. The minimum absolute atomic E-state index is 0.122. The van der Waals surface area contributed by atoms with Crippen molar-refractivity contribution >= 4 is 33.8 Å². The van der Waals surface area contributed by atoms with Crippen molar-refractivity contribution in [1.82, 2.24) is 15.0 Å². The van der Waals surface area contributed by atoms with Crippen LogP contribution in [0.1, 0.15) is 15.9 Å². The average molecular weight is 432 g/mol. The second-order valence-electron chi connectivity index (χ2n) is 6.88. The van der Waals surface area contributed by atoms with Crippen molar-refractivity contribution in [2.24, 2.45) is 0 Å². The van der Waals surface area contributed by atoms with E-state index in [2.05, 4.69) is 15.0 Å². The van der Waals surface area contributed by atoms with E-state index in [1.54, 1.807) is 36.0 Å². The number of pyridine rings is 2. The Balaban J connectivity index is 1.58. The largest absolute Gasteiger partial charge is 0.396 e. The summed E-state index contributed by atoms with van der Waals surface area (Å²) in [5.74, 6) is -2.83. The number of aromatic nitrogens is 3. The van der Waals surface area contributed by atoms with Crippen LogP contribution in [0.25, 0.3) is 31.9 Å². The summed E-state index contributed by atoms with van der Waals surface area (Å²) in [5.41, 5.74) is 6.91. The van der Waals surface area contributed by atoms with Crippen LogP contribution in [0.15, 0.2) is 67.3 Å². The maximum absolute atomic E-state index is 14.4. The maximum atomic E-state index is 14.4. The van der Waals surface area contributed by atoms with Gasteiger partial charge in [0.1, 0.15) is 11.5 Å². The van der Waals surface area contributed by atoms with Gasteiger partial charge in [0, 0.05) is 56.6 Å². The van der Waals surface area contributed by atoms with Gasteiger partial charge in [-0.1, -0.05) is 6.07 Å². The normalized spacial score (nSPS) is 11.2. The lowest BCUT2D eigenvalue weighted by molar-refractivity contribution is 0.103. The predicted molar refractivity (Wildman–Crippen MR) is 117 cm³/mol. The average Bonchev–Trinajstić information content (AvgIpc) is 3.44. The zero-order chi connectivity index (χ0) is 21.5. The number of hydrogen-bond donors (Lipinski definition) is 2. The van der Waals surface area contributed by atoms with E-state index in [4.69, 9.17) is 5.73 Å². The first-order valence-electron chi connectivity index (χ1n) is 9.29. The summed E-state index contributed by atoms with van der Waals surface area (Å²) in [5, 5.41) is 0.472. The van der Waals surface area contributed by atoms with E-state index < -0.39 is 23.0 Å². The number of fused-ring (bicyclic) bond motifs is 1. The molecule has 0 atom stereocenters. The first-order chi connectivity index (χ1) is 15.0. The van der Waals surface area contributed by atoms with Crippen LogP contribution in [0.3, 0.4) is 0 Å². The summed E-state index contributed by atoms with van der Waals surface area (Å²) in [6.07, 6.45) is 6.59. The van der Waals surface area contributed by atoms with Crippen molar-refractivity contribution < 1.29 is 13.6 Å². The number of nitrogens with one attached hydrogen (secondary N) is 1. The summed E-state index contributed by atoms with van der Waals surface area (Å²) in [6.45, 7) is 0. The zero-order valence-corrected chi connectivity index (χ0v) is 16.7. The molecule has 5 rings (SSSR count). The number of H-pyrrole nitrogens is 1. The monoisotopic (exact) mass is 432 g/mol. The molecule has 5 aromatic rings. The summed E-state index contributed by atoms with van der Waals surface area (Å²) >= 11 is 1.56. The second kappa shape index (κ2) is 7.41. The second-order valence-corrected chi connectivity index (χ2v) is 7.97. The lowest BCUT2D eigenvalue weighted by atomic mass is 10.0. The Morgan fingerprint density at radius 3 is 2.61 bits per heavy atom. The van der Waals surface area contributed by atoms with Gasteiger partial charge in [0.25, 0.3) is 0 Å². The van der Waals surface area contributed by atoms with Crippen LogP contribution in [0, 0.1) is 11.6 Å². The van der Waals surface area contributed by atoms with E-state index >= 15 is 0 Å².